The molecule has 0 saturated carbocycles. The summed E-state index contributed by atoms with van der Waals surface area (Å²) in [5.41, 5.74) is -0.0340. The summed E-state index contributed by atoms with van der Waals surface area (Å²) in [5.74, 6) is 0. The van der Waals surface area contributed by atoms with Crippen molar-refractivity contribution in [1.82, 2.24) is 0 Å². The van der Waals surface area contributed by atoms with Crippen molar-refractivity contribution < 1.29 is 13.2 Å². The van der Waals surface area contributed by atoms with Crippen LogP contribution >= 0.6 is 12.6 Å². The van der Waals surface area contributed by atoms with Crippen LogP contribution in [0.5, 0.6) is 0 Å². The number of thiol groups is 1. The van der Waals surface area contributed by atoms with Gasteiger partial charge in [-0.3, -0.25) is 5.32 Å². The smallest absolute Gasteiger partial charge is 0.296 e. The second kappa shape index (κ2) is 3.26. The molecule has 0 aliphatic carbocycles. The van der Waals surface area contributed by atoms with Gasteiger partial charge in [-0.15, -0.1) is 12.6 Å². The van der Waals surface area contributed by atoms with E-state index in [-0.39, 0.29) is 10.6 Å². The van der Waals surface area contributed by atoms with E-state index in [4.69, 9.17) is 0 Å². The first-order chi connectivity index (χ1) is 5.49. The number of nitrogens with one attached hydrogen (secondary N) is 1. The van der Waals surface area contributed by atoms with Crippen molar-refractivity contribution in [1.29, 1.82) is 0 Å². The molecule has 0 unspecified atom stereocenters. The summed E-state index contributed by atoms with van der Waals surface area (Å²) < 4.78 is 35.3. The Kier molecular flexibility index (Phi) is 2.52. The molecule has 0 aliphatic heterocycles. The second-order valence-corrected chi connectivity index (χ2v) is 2.62. The lowest BCUT2D eigenvalue weighted by atomic mass is 10.3. The van der Waals surface area contributed by atoms with Crippen LogP contribution in [0.4, 0.5) is 18.9 Å². The largest absolute Gasteiger partial charge is 0.482 e. The van der Waals surface area contributed by atoms with Crippen LogP contribution in [0.3, 0.4) is 0 Å². The maximum Gasteiger partial charge on any atom is 0.482 e. The Hall–Kier alpha value is -0.840. The average molecular weight is 193 g/mol. The van der Waals surface area contributed by atoms with E-state index in [0.29, 0.717) is 0 Å². The van der Waals surface area contributed by atoms with Crippen LogP contribution in [0.2, 0.25) is 0 Å². The van der Waals surface area contributed by atoms with E-state index < -0.39 is 6.30 Å². The molecule has 0 amide bonds. The highest BCUT2D eigenvalue weighted by molar-refractivity contribution is 7.80. The summed E-state index contributed by atoms with van der Waals surface area (Å²) >= 11 is 3.85. The first-order valence-electron chi connectivity index (χ1n) is 3.12. The van der Waals surface area contributed by atoms with Gasteiger partial charge in [0.05, 0.1) is 5.69 Å². The molecule has 12 heavy (non-hydrogen) atoms. The van der Waals surface area contributed by atoms with E-state index in [1.165, 1.54) is 23.5 Å². The zero-order valence-electron chi connectivity index (χ0n) is 5.89. The lowest BCUT2D eigenvalue weighted by Gasteiger charge is -2.10. The van der Waals surface area contributed by atoms with Crippen molar-refractivity contribution in [3.05, 3.63) is 24.3 Å². The minimum absolute atomic E-state index is 0.0340. The normalized spacial score (nSPS) is 11.3. The lowest BCUT2D eigenvalue weighted by molar-refractivity contribution is -0.100. The summed E-state index contributed by atoms with van der Waals surface area (Å²) in [6.45, 7) is 0. The molecular weight excluding hydrogens is 187 g/mol. The highest BCUT2D eigenvalue weighted by Crippen LogP contribution is 2.24. The molecule has 66 valence electrons. The van der Waals surface area contributed by atoms with Gasteiger partial charge in [-0.2, -0.15) is 13.2 Å². The summed E-state index contributed by atoms with van der Waals surface area (Å²) in [7, 11) is 0. The summed E-state index contributed by atoms with van der Waals surface area (Å²) in [6.07, 6.45) is -4.40. The number of anilines is 1. The summed E-state index contributed by atoms with van der Waals surface area (Å²) in [6, 6.07) is 5.92. The maximum absolute atomic E-state index is 11.8. The van der Waals surface area contributed by atoms with Gasteiger partial charge in [0.25, 0.3) is 0 Å². The van der Waals surface area contributed by atoms with Gasteiger partial charge < -0.3 is 0 Å². The SMILES string of the molecule is FC(F)(F)Nc1ccccc1S. The van der Waals surface area contributed by atoms with Gasteiger partial charge in [-0.1, -0.05) is 12.1 Å². The Labute approximate surface area is 73.0 Å². The van der Waals surface area contributed by atoms with Crippen LogP contribution in [0.15, 0.2) is 29.2 Å². The molecule has 1 nitrogen and oxygen atoms in total. The molecule has 5 heteroatoms. The van der Waals surface area contributed by atoms with Crippen LogP contribution in [-0.2, 0) is 0 Å². The average Bonchev–Trinajstić information content (AvgIpc) is 1.91. The molecule has 0 saturated heterocycles. The Morgan fingerprint density at radius 3 is 2.25 bits per heavy atom. The number of para-hydroxylation sites is 1. The number of halogens is 3. The predicted molar refractivity (Wildman–Crippen MR) is 43.4 cm³/mol. The van der Waals surface area contributed by atoms with Gasteiger partial charge in [0.15, 0.2) is 0 Å². The molecule has 1 aromatic carbocycles. The molecule has 0 atom stereocenters. The van der Waals surface area contributed by atoms with Crippen molar-refractivity contribution >= 4 is 18.3 Å². The molecular formula is C7H6F3NS. The minimum atomic E-state index is -4.40. The highest BCUT2D eigenvalue weighted by Gasteiger charge is 2.27. The zero-order chi connectivity index (χ0) is 9.19. The molecule has 0 bridgehead atoms. The fraction of sp³-hybridized carbons (Fsp3) is 0.143. The van der Waals surface area contributed by atoms with Gasteiger partial charge in [0, 0.05) is 4.90 Å². The van der Waals surface area contributed by atoms with Crippen molar-refractivity contribution in [2.24, 2.45) is 0 Å². The molecule has 0 radical (unpaired) electrons. The third kappa shape index (κ3) is 2.65. The van der Waals surface area contributed by atoms with Crippen LogP contribution in [0.25, 0.3) is 0 Å². The standard InChI is InChI=1S/C7H6F3NS/c8-7(9,10)11-5-3-1-2-4-6(5)12/h1-4,11-12H. The highest BCUT2D eigenvalue weighted by atomic mass is 32.1. The van der Waals surface area contributed by atoms with Crippen LogP contribution < -0.4 is 5.32 Å². The minimum Gasteiger partial charge on any atom is -0.296 e. The van der Waals surface area contributed by atoms with E-state index in [1.54, 1.807) is 6.07 Å². The van der Waals surface area contributed by atoms with Gasteiger partial charge in [-0.05, 0) is 12.1 Å². The Morgan fingerprint density at radius 1 is 1.17 bits per heavy atom. The molecule has 1 rings (SSSR count). The second-order valence-electron chi connectivity index (χ2n) is 2.14. The van der Waals surface area contributed by atoms with Crippen molar-refractivity contribution in [2.75, 3.05) is 5.32 Å². The monoisotopic (exact) mass is 193 g/mol. The molecule has 1 N–H and O–H groups in total. The van der Waals surface area contributed by atoms with Gasteiger partial charge >= 0.3 is 6.30 Å². The van der Waals surface area contributed by atoms with Crippen LogP contribution in [0, 0.1) is 0 Å². The van der Waals surface area contributed by atoms with E-state index in [2.05, 4.69) is 12.6 Å². The van der Waals surface area contributed by atoms with E-state index in [0.717, 1.165) is 0 Å². The predicted octanol–water partition coefficient (Wildman–Crippen LogP) is 2.91. The third-order valence-corrected chi connectivity index (χ3v) is 1.57. The molecule has 0 aromatic heterocycles. The van der Waals surface area contributed by atoms with Gasteiger partial charge in [0.2, 0.25) is 0 Å². The quantitative estimate of drug-likeness (QED) is 0.516. The maximum atomic E-state index is 11.8. The van der Waals surface area contributed by atoms with Crippen molar-refractivity contribution in [3.63, 3.8) is 0 Å². The summed E-state index contributed by atoms with van der Waals surface area (Å²) in [4.78, 5) is 0.273. The molecule has 0 aliphatic rings. The van der Waals surface area contributed by atoms with Crippen LogP contribution in [0.1, 0.15) is 0 Å². The van der Waals surface area contributed by atoms with Crippen molar-refractivity contribution in [2.45, 2.75) is 11.2 Å². The topological polar surface area (TPSA) is 12.0 Å². The lowest BCUT2D eigenvalue weighted by Crippen LogP contribution is -2.20. The third-order valence-electron chi connectivity index (χ3n) is 1.18. The molecule has 0 spiro atoms. The first-order valence-corrected chi connectivity index (χ1v) is 3.57. The Balaban J connectivity index is 2.83. The van der Waals surface area contributed by atoms with Crippen molar-refractivity contribution in [3.8, 4) is 0 Å². The van der Waals surface area contributed by atoms with E-state index in [1.807, 2.05) is 0 Å². The van der Waals surface area contributed by atoms with Gasteiger partial charge in [0.1, 0.15) is 0 Å². The number of alkyl halides is 3. The van der Waals surface area contributed by atoms with E-state index >= 15 is 0 Å². The zero-order valence-corrected chi connectivity index (χ0v) is 6.78. The molecule has 0 fully saturated rings. The number of benzene rings is 1. The Morgan fingerprint density at radius 2 is 1.75 bits per heavy atom. The summed E-state index contributed by atoms with van der Waals surface area (Å²) in [5, 5.41) is 1.37. The fourth-order valence-corrected chi connectivity index (χ4v) is 0.949. The van der Waals surface area contributed by atoms with E-state index in [9.17, 15) is 13.2 Å². The number of hydrogen-bond acceptors (Lipinski definition) is 2. The van der Waals surface area contributed by atoms with Gasteiger partial charge in [-0.25, -0.2) is 0 Å². The number of rotatable bonds is 1. The number of hydrogen-bond donors (Lipinski definition) is 2. The van der Waals surface area contributed by atoms with Crippen LogP contribution in [-0.4, -0.2) is 6.30 Å². The Bertz CT molecular complexity index is 272. The molecule has 0 heterocycles. The molecule has 1 aromatic rings. The fourth-order valence-electron chi connectivity index (χ4n) is 0.732. The first kappa shape index (κ1) is 9.25.